The molecule has 1 heterocycles. The van der Waals surface area contributed by atoms with Crippen LogP contribution >= 0.6 is 0 Å². The molecule has 1 unspecified atom stereocenters. The molecule has 4 nitrogen and oxygen atoms in total. The maximum atomic E-state index is 8.83. The first kappa shape index (κ1) is 12.1. The van der Waals surface area contributed by atoms with Crippen molar-refractivity contribution in [2.75, 3.05) is 13.2 Å². The SMILES string of the molecule is CC(CCO)CNCc1cccc2cn[nH]c12. The van der Waals surface area contributed by atoms with Crippen LogP contribution < -0.4 is 5.32 Å². The summed E-state index contributed by atoms with van der Waals surface area (Å²) >= 11 is 0. The molecule has 3 N–H and O–H groups in total. The van der Waals surface area contributed by atoms with Gasteiger partial charge in [0.2, 0.25) is 0 Å². The summed E-state index contributed by atoms with van der Waals surface area (Å²) in [6.45, 7) is 4.15. The van der Waals surface area contributed by atoms with Gasteiger partial charge in [-0.05, 0) is 24.4 Å². The molecule has 0 bridgehead atoms. The Bertz CT molecular complexity index is 466. The van der Waals surface area contributed by atoms with Crippen LogP contribution in [0, 0.1) is 5.92 Å². The third kappa shape index (κ3) is 3.05. The lowest BCUT2D eigenvalue weighted by atomic mass is 10.1. The van der Waals surface area contributed by atoms with E-state index in [1.54, 1.807) is 0 Å². The zero-order valence-corrected chi connectivity index (χ0v) is 10.1. The standard InChI is InChI=1S/C13H19N3O/c1-10(5-6-17)7-14-8-11-3-2-4-12-9-15-16-13(11)12/h2-4,9-10,14,17H,5-8H2,1H3,(H,15,16). The molecule has 0 saturated heterocycles. The van der Waals surface area contributed by atoms with Crippen LogP contribution in [-0.4, -0.2) is 28.5 Å². The molecule has 17 heavy (non-hydrogen) atoms. The zero-order chi connectivity index (χ0) is 12.1. The molecule has 0 aliphatic rings. The minimum atomic E-state index is 0.263. The molecule has 0 spiro atoms. The second-order valence-electron chi connectivity index (χ2n) is 4.50. The van der Waals surface area contributed by atoms with Gasteiger partial charge in [-0.25, -0.2) is 0 Å². The molecule has 1 aromatic heterocycles. The van der Waals surface area contributed by atoms with E-state index >= 15 is 0 Å². The second-order valence-corrected chi connectivity index (χ2v) is 4.50. The van der Waals surface area contributed by atoms with Gasteiger partial charge in [-0.3, -0.25) is 5.10 Å². The van der Waals surface area contributed by atoms with E-state index in [0.29, 0.717) is 5.92 Å². The molecule has 1 atom stereocenters. The number of fused-ring (bicyclic) bond motifs is 1. The number of H-pyrrole nitrogens is 1. The molecule has 0 aliphatic carbocycles. The number of nitrogens with zero attached hydrogens (tertiary/aromatic N) is 1. The first-order valence-corrected chi connectivity index (χ1v) is 6.04. The van der Waals surface area contributed by atoms with Gasteiger partial charge in [0.1, 0.15) is 0 Å². The number of aromatic nitrogens is 2. The van der Waals surface area contributed by atoms with Gasteiger partial charge in [-0.1, -0.05) is 25.1 Å². The highest BCUT2D eigenvalue weighted by Gasteiger charge is 2.04. The maximum Gasteiger partial charge on any atom is 0.0695 e. The fraction of sp³-hybridized carbons (Fsp3) is 0.462. The van der Waals surface area contributed by atoms with Crippen LogP contribution in [0.3, 0.4) is 0 Å². The van der Waals surface area contributed by atoms with Crippen LogP contribution in [0.4, 0.5) is 0 Å². The van der Waals surface area contributed by atoms with Gasteiger partial charge in [0.25, 0.3) is 0 Å². The van der Waals surface area contributed by atoms with Crippen LogP contribution in [-0.2, 0) is 6.54 Å². The van der Waals surface area contributed by atoms with E-state index < -0.39 is 0 Å². The van der Waals surface area contributed by atoms with E-state index in [4.69, 9.17) is 5.11 Å². The monoisotopic (exact) mass is 233 g/mol. The van der Waals surface area contributed by atoms with Crippen molar-refractivity contribution in [1.82, 2.24) is 15.5 Å². The fourth-order valence-corrected chi connectivity index (χ4v) is 1.95. The maximum absolute atomic E-state index is 8.83. The van der Waals surface area contributed by atoms with E-state index in [0.717, 1.165) is 30.4 Å². The van der Waals surface area contributed by atoms with E-state index in [9.17, 15) is 0 Å². The molecule has 0 aliphatic heterocycles. The molecular formula is C13H19N3O. The van der Waals surface area contributed by atoms with Crippen molar-refractivity contribution < 1.29 is 5.11 Å². The Morgan fingerprint density at radius 3 is 3.18 bits per heavy atom. The highest BCUT2D eigenvalue weighted by Crippen LogP contribution is 2.15. The van der Waals surface area contributed by atoms with Crippen LogP contribution in [0.5, 0.6) is 0 Å². The first-order chi connectivity index (χ1) is 8.31. The molecule has 0 radical (unpaired) electrons. The van der Waals surface area contributed by atoms with Gasteiger partial charge in [-0.2, -0.15) is 5.10 Å². The molecule has 2 aromatic rings. The largest absolute Gasteiger partial charge is 0.396 e. The Hall–Kier alpha value is -1.39. The minimum absolute atomic E-state index is 0.263. The lowest BCUT2D eigenvalue weighted by molar-refractivity contribution is 0.260. The molecule has 4 heteroatoms. The summed E-state index contributed by atoms with van der Waals surface area (Å²) in [5.74, 6) is 0.501. The average Bonchev–Trinajstić information content (AvgIpc) is 2.78. The van der Waals surface area contributed by atoms with Crippen molar-refractivity contribution >= 4 is 10.9 Å². The number of benzene rings is 1. The van der Waals surface area contributed by atoms with Gasteiger partial charge in [0.15, 0.2) is 0 Å². The lowest BCUT2D eigenvalue weighted by Gasteiger charge is -2.11. The van der Waals surface area contributed by atoms with Crippen molar-refractivity contribution in [3.8, 4) is 0 Å². The summed E-state index contributed by atoms with van der Waals surface area (Å²) in [6, 6.07) is 6.20. The number of para-hydroxylation sites is 1. The number of aromatic amines is 1. The van der Waals surface area contributed by atoms with Gasteiger partial charge in [0.05, 0.1) is 11.7 Å². The van der Waals surface area contributed by atoms with E-state index in [-0.39, 0.29) is 6.61 Å². The van der Waals surface area contributed by atoms with Crippen molar-refractivity contribution in [1.29, 1.82) is 0 Å². The second kappa shape index (κ2) is 5.80. The Morgan fingerprint density at radius 2 is 2.35 bits per heavy atom. The fourth-order valence-electron chi connectivity index (χ4n) is 1.95. The van der Waals surface area contributed by atoms with Crippen molar-refractivity contribution in [2.24, 2.45) is 5.92 Å². The van der Waals surface area contributed by atoms with Crippen LogP contribution in [0.2, 0.25) is 0 Å². The number of nitrogens with one attached hydrogen (secondary N) is 2. The zero-order valence-electron chi connectivity index (χ0n) is 10.1. The van der Waals surface area contributed by atoms with Crippen molar-refractivity contribution in [2.45, 2.75) is 19.9 Å². The lowest BCUT2D eigenvalue weighted by Crippen LogP contribution is -2.21. The van der Waals surface area contributed by atoms with Gasteiger partial charge in [0, 0.05) is 18.5 Å². The molecule has 0 fully saturated rings. The van der Waals surface area contributed by atoms with E-state index in [2.05, 4.69) is 34.6 Å². The smallest absolute Gasteiger partial charge is 0.0695 e. The highest BCUT2D eigenvalue weighted by molar-refractivity contribution is 5.81. The van der Waals surface area contributed by atoms with Gasteiger partial charge < -0.3 is 10.4 Å². The molecular weight excluding hydrogens is 214 g/mol. The first-order valence-electron chi connectivity index (χ1n) is 6.04. The van der Waals surface area contributed by atoms with Crippen molar-refractivity contribution in [3.63, 3.8) is 0 Å². The normalized spacial score (nSPS) is 13.1. The molecule has 92 valence electrons. The molecule has 2 rings (SSSR count). The Kier molecular flexibility index (Phi) is 4.12. The van der Waals surface area contributed by atoms with E-state index in [1.165, 1.54) is 5.56 Å². The summed E-state index contributed by atoms with van der Waals surface area (Å²) in [6.07, 6.45) is 2.69. The van der Waals surface area contributed by atoms with E-state index in [1.807, 2.05) is 12.3 Å². The molecule has 0 saturated carbocycles. The Morgan fingerprint density at radius 1 is 1.47 bits per heavy atom. The number of rotatable bonds is 6. The van der Waals surface area contributed by atoms with Crippen LogP contribution in [0.1, 0.15) is 18.9 Å². The summed E-state index contributed by atoms with van der Waals surface area (Å²) in [4.78, 5) is 0. The third-order valence-corrected chi connectivity index (χ3v) is 2.99. The third-order valence-electron chi connectivity index (χ3n) is 2.99. The predicted molar refractivity (Wildman–Crippen MR) is 68.7 cm³/mol. The topological polar surface area (TPSA) is 60.9 Å². The number of hydrogen-bond donors (Lipinski definition) is 3. The number of aliphatic hydroxyl groups excluding tert-OH is 1. The summed E-state index contributed by atoms with van der Waals surface area (Å²) in [5.41, 5.74) is 2.34. The quantitative estimate of drug-likeness (QED) is 0.711. The minimum Gasteiger partial charge on any atom is -0.396 e. The number of hydrogen-bond acceptors (Lipinski definition) is 3. The van der Waals surface area contributed by atoms with Gasteiger partial charge in [-0.15, -0.1) is 0 Å². The number of aliphatic hydroxyl groups is 1. The summed E-state index contributed by atoms with van der Waals surface area (Å²) in [5, 5.41) is 20.5. The Labute approximate surface area is 101 Å². The summed E-state index contributed by atoms with van der Waals surface area (Å²) < 4.78 is 0. The average molecular weight is 233 g/mol. The van der Waals surface area contributed by atoms with Gasteiger partial charge >= 0.3 is 0 Å². The Balaban J connectivity index is 1.92. The molecule has 1 aromatic carbocycles. The van der Waals surface area contributed by atoms with Crippen LogP contribution in [0.25, 0.3) is 10.9 Å². The molecule has 0 amide bonds. The van der Waals surface area contributed by atoms with Crippen LogP contribution in [0.15, 0.2) is 24.4 Å². The summed E-state index contributed by atoms with van der Waals surface area (Å²) in [7, 11) is 0. The van der Waals surface area contributed by atoms with Crippen molar-refractivity contribution in [3.05, 3.63) is 30.0 Å². The predicted octanol–water partition coefficient (Wildman–Crippen LogP) is 1.67. The highest BCUT2D eigenvalue weighted by atomic mass is 16.3.